The SMILES string of the molecule is Cc1ccc(C(=O)Nc2ccn(C)n2)cc1C#CCCO. The van der Waals surface area contributed by atoms with Crippen LogP contribution in [0.1, 0.15) is 27.9 Å². The van der Waals surface area contributed by atoms with Gasteiger partial charge in [0.15, 0.2) is 5.82 Å². The number of hydrogen-bond donors (Lipinski definition) is 2. The van der Waals surface area contributed by atoms with Gasteiger partial charge >= 0.3 is 0 Å². The van der Waals surface area contributed by atoms with Crippen molar-refractivity contribution < 1.29 is 9.90 Å². The third-order valence-corrected chi connectivity index (χ3v) is 2.91. The minimum atomic E-state index is -0.223. The van der Waals surface area contributed by atoms with Crippen molar-refractivity contribution in [1.29, 1.82) is 0 Å². The van der Waals surface area contributed by atoms with Crippen LogP contribution in [-0.4, -0.2) is 27.4 Å². The summed E-state index contributed by atoms with van der Waals surface area (Å²) in [6.45, 7) is 1.97. The van der Waals surface area contributed by atoms with Crippen molar-refractivity contribution in [3.8, 4) is 11.8 Å². The van der Waals surface area contributed by atoms with Crippen LogP contribution in [0.5, 0.6) is 0 Å². The molecule has 0 radical (unpaired) electrons. The standard InChI is InChI=1S/C16H17N3O2/c1-12-6-7-14(11-13(12)5-3-4-10-20)16(21)17-15-8-9-19(2)18-15/h6-9,11,20H,4,10H2,1-2H3,(H,17,18,21). The van der Waals surface area contributed by atoms with Crippen molar-refractivity contribution in [3.05, 3.63) is 47.2 Å². The lowest BCUT2D eigenvalue weighted by atomic mass is 10.0. The summed E-state index contributed by atoms with van der Waals surface area (Å²) in [6.07, 6.45) is 2.18. The molecule has 1 aromatic heterocycles. The summed E-state index contributed by atoms with van der Waals surface area (Å²) in [4.78, 5) is 12.2. The van der Waals surface area contributed by atoms with Gasteiger partial charge in [0.25, 0.3) is 5.91 Å². The predicted molar refractivity (Wildman–Crippen MR) is 80.9 cm³/mol. The summed E-state index contributed by atoms with van der Waals surface area (Å²) < 4.78 is 1.62. The van der Waals surface area contributed by atoms with Crippen LogP contribution in [0.3, 0.4) is 0 Å². The van der Waals surface area contributed by atoms with E-state index in [1.54, 1.807) is 36.1 Å². The monoisotopic (exact) mass is 283 g/mol. The van der Waals surface area contributed by atoms with Gasteiger partial charge in [-0.25, -0.2) is 0 Å². The largest absolute Gasteiger partial charge is 0.395 e. The number of nitrogens with zero attached hydrogens (tertiary/aromatic N) is 2. The molecule has 21 heavy (non-hydrogen) atoms. The topological polar surface area (TPSA) is 67.2 Å². The van der Waals surface area contributed by atoms with Crippen LogP contribution in [-0.2, 0) is 7.05 Å². The van der Waals surface area contributed by atoms with E-state index < -0.39 is 0 Å². The molecule has 0 atom stereocenters. The number of anilines is 1. The molecule has 2 rings (SSSR count). The second-order valence-electron chi connectivity index (χ2n) is 4.63. The molecule has 1 aromatic carbocycles. The average molecular weight is 283 g/mol. The molecule has 0 saturated heterocycles. The molecule has 5 heteroatoms. The summed E-state index contributed by atoms with van der Waals surface area (Å²) in [5, 5.41) is 15.6. The van der Waals surface area contributed by atoms with E-state index in [2.05, 4.69) is 22.3 Å². The smallest absolute Gasteiger partial charge is 0.256 e. The van der Waals surface area contributed by atoms with Gasteiger partial charge in [-0.05, 0) is 24.6 Å². The maximum Gasteiger partial charge on any atom is 0.256 e. The third kappa shape index (κ3) is 3.94. The molecule has 5 nitrogen and oxygen atoms in total. The van der Waals surface area contributed by atoms with Crippen LogP contribution in [0.15, 0.2) is 30.5 Å². The number of aliphatic hydroxyl groups is 1. The summed E-state index contributed by atoms with van der Waals surface area (Å²) in [7, 11) is 1.79. The highest BCUT2D eigenvalue weighted by atomic mass is 16.2. The molecule has 0 fully saturated rings. The summed E-state index contributed by atoms with van der Waals surface area (Å²) >= 11 is 0. The molecule has 0 aliphatic carbocycles. The molecule has 1 heterocycles. The maximum absolute atomic E-state index is 12.2. The quantitative estimate of drug-likeness (QED) is 0.843. The van der Waals surface area contributed by atoms with Gasteiger partial charge in [-0.2, -0.15) is 5.10 Å². The molecule has 0 aliphatic rings. The van der Waals surface area contributed by atoms with Gasteiger partial charge in [-0.3, -0.25) is 9.48 Å². The van der Waals surface area contributed by atoms with Crippen LogP contribution >= 0.6 is 0 Å². The van der Waals surface area contributed by atoms with Crippen LogP contribution in [0.25, 0.3) is 0 Å². The van der Waals surface area contributed by atoms with E-state index in [9.17, 15) is 4.79 Å². The zero-order valence-electron chi connectivity index (χ0n) is 12.1. The van der Waals surface area contributed by atoms with E-state index >= 15 is 0 Å². The molecular formula is C16H17N3O2. The van der Waals surface area contributed by atoms with Gasteiger partial charge in [0.1, 0.15) is 0 Å². The number of benzene rings is 1. The van der Waals surface area contributed by atoms with Crippen molar-refractivity contribution in [2.75, 3.05) is 11.9 Å². The summed E-state index contributed by atoms with van der Waals surface area (Å²) in [5.74, 6) is 6.12. The number of carbonyl (C=O) groups excluding carboxylic acids is 1. The third-order valence-electron chi connectivity index (χ3n) is 2.91. The number of rotatable bonds is 3. The molecule has 0 saturated carbocycles. The number of hydrogen-bond acceptors (Lipinski definition) is 3. The molecule has 2 N–H and O–H groups in total. The van der Waals surface area contributed by atoms with Crippen molar-refractivity contribution in [3.63, 3.8) is 0 Å². The van der Waals surface area contributed by atoms with Crippen LogP contribution < -0.4 is 5.32 Å². The van der Waals surface area contributed by atoms with E-state index in [1.165, 1.54) is 0 Å². The first kappa shape index (κ1) is 14.8. The Bertz CT molecular complexity index is 708. The molecule has 1 amide bonds. The maximum atomic E-state index is 12.2. The predicted octanol–water partition coefficient (Wildman–Crippen LogP) is 1.71. The first-order valence-corrected chi connectivity index (χ1v) is 6.61. The number of nitrogens with one attached hydrogen (secondary N) is 1. The molecule has 0 spiro atoms. The number of aryl methyl sites for hydroxylation is 2. The lowest BCUT2D eigenvalue weighted by molar-refractivity contribution is 0.102. The number of aliphatic hydroxyl groups excluding tert-OH is 1. The van der Waals surface area contributed by atoms with Crippen molar-refractivity contribution in [2.45, 2.75) is 13.3 Å². The van der Waals surface area contributed by atoms with Crippen LogP contribution in [0.2, 0.25) is 0 Å². The minimum absolute atomic E-state index is 0.0336. The van der Waals surface area contributed by atoms with Crippen molar-refractivity contribution >= 4 is 11.7 Å². The first-order valence-electron chi connectivity index (χ1n) is 6.61. The normalized spacial score (nSPS) is 9.86. The van der Waals surface area contributed by atoms with Gasteiger partial charge in [0, 0.05) is 36.9 Å². The highest BCUT2D eigenvalue weighted by Gasteiger charge is 2.09. The van der Waals surface area contributed by atoms with Crippen LogP contribution in [0, 0.1) is 18.8 Å². The average Bonchev–Trinajstić information content (AvgIpc) is 2.86. The van der Waals surface area contributed by atoms with E-state index in [-0.39, 0.29) is 12.5 Å². The van der Waals surface area contributed by atoms with Gasteiger partial charge in [0.05, 0.1) is 6.61 Å². The fourth-order valence-electron chi connectivity index (χ4n) is 1.78. The fraction of sp³-hybridized carbons (Fsp3) is 0.250. The molecule has 108 valence electrons. The molecule has 0 bridgehead atoms. The Labute approximate surface area is 123 Å². The number of carbonyl (C=O) groups is 1. The number of amides is 1. The fourth-order valence-corrected chi connectivity index (χ4v) is 1.78. The Morgan fingerprint density at radius 2 is 2.24 bits per heavy atom. The van der Waals surface area contributed by atoms with Gasteiger partial charge in [-0.1, -0.05) is 17.9 Å². The van der Waals surface area contributed by atoms with Crippen molar-refractivity contribution in [2.24, 2.45) is 7.05 Å². The second kappa shape index (κ2) is 6.73. The van der Waals surface area contributed by atoms with Gasteiger partial charge < -0.3 is 10.4 Å². The van der Waals surface area contributed by atoms with E-state index in [0.717, 1.165) is 11.1 Å². The number of aromatic nitrogens is 2. The highest BCUT2D eigenvalue weighted by molar-refractivity contribution is 6.04. The molecule has 0 unspecified atom stereocenters. The Hall–Kier alpha value is -2.58. The highest BCUT2D eigenvalue weighted by Crippen LogP contribution is 2.12. The lowest BCUT2D eigenvalue weighted by Gasteiger charge is -2.04. The zero-order chi connectivity index (χ0) is 15.2. The van der Waals surface area contributed by atoms with Crippen LogP contribution in [0.4, 0.5) is 5.82 Å². The first-order chi connectivity index (χ1) is 10.1. The lowest BCUT2D eigenvalue weighted by Crippen LogP contribution is -2.13. The van der Waals surface area contributed by atoms with E-state index in [4.69, 9.17) is 5.11 Å². The molecular weight excluding hydrogens is 266 g/mol. The Balaban J connectivity index is 2.18. The minimum Gasteiger partial charge on any atom is -0.395 e. The Morgan fingerprint density at radius 3 is 2.90 bits per heavy atom. The Kier molecular flexibility index (Phi) is 4.75. The summed E-state index contributed by atoms with van der Waals surface area (Å²) in [6, 6.07) is 7.09. The Morgan fingerprint density at radius 1 is 1.43 bits per heavy atom. The van der Waals surface area contributed by atoms with Crippen molar-refractivity contribution in [1.82, 2.24) is 9.78 Å². The van der Waals surface area contributed by atoms with Gasteiger partial charge in [0.2, 0.25) is 0 Å². The zero-order valence-corrected chi connectivity index (χ0v) is 12.1. The second-order valence-corrected chi connectivity index (χ2v) is 4.63. The molecule has 2 aromatic rings. The van der Waals surface area contributed by atoms with Gasteiger partial charge in [-0.15, -0.1) is 0 Å². The summed E-state index contributed by atoms with van der Waals surface area (Å²) in [5.41, 5.74) is 2.31. The molecule has 0 aliphatic heterocycles. The van der Waals surface area contributed by atoms with E-state index in [1.807, 2.05) is 13.0 Å². The van der Waals surface area contributed by atoms with E-state index in [0.29, 0.717) is 17.8 Å².